The highest BCUT2D eigenvalue weighted by Crippen LogP contribution is 2.39. The van der Waals surface area contributed by atoms with Crippen molar-refractivity contribution in [2.24, 2.45) is 0 Å². The Bertz CT molecular complexity index is 1120. The first kappa shape index (κ1) is 20.2. The highest BCUT2D eigenvalue weighted by molar-refractivity contribution is 6.07. The second kappa shape index (κ2) is 8.75. The van der Waals surface area contributed by atoms with Crippen molar-refractivity contribution in [1.82, 2.24) is 4.98 Å². The summed E-state index contributed by atoms with van der Waals surface area (Å²) < 4.78 is 22.1. The second-order valence-corrected chi connectivity index (χ2v) is 6.67. The maximum absolute atomic E-state index is 13.3. The van der Waals surface area contributed by atoms with E-state index in [0.29, 0.717) is 34.3 Å². The fourth-order valence-electron chi connectivity index (χ4n) is 3.33. The van der Waals surface area contributed by atoms with Crippen LogP contribution in [-0.4, -0.2) is 32.1 Å². The molecule has 0 N–H and O–H groups in total. The zero-order chi connectivity index (χ0) is 21.8. The van der Waals surface area contributed by atoms with E-state index >= 15 is 0 Å². The fraction of sp³-hybridized carbons (Fsp3) is 0.120. The Labute approximate surface area is 180 Å². The minimum atomic E-state index is -0.390. The van der Waals surface area contributed by atoms with Crippen LogP contribution in [0.5, 0.6) is 17.2 Å². The van der Waals surface area contributed by atoms with E-state index in [1.54, 1.807) is 12.1 Å². The molecule has 156 valence electrons. The number of carbonyl (C=O) groups is 1. The lowest BCUT2D eigenvalue weighted by Crippen LogP contribution is -2.04. The number of oxazole rings is 1. The van der Waals surface area contributed by atoms with Crippen LogP contribution in [0.4, 0.5) is 0 Å². The van der Waals surface area contributed by atoms with Crippen LogP contribution in [0.2, 0.25) is 0 Å². The molecule has 0 aliphatic carbocycles. The molecule has 6 heteroatoms. The van der Waals surface area contributed by atoms with Gasteiger partial charge in [-0.2, -0.15) is 0 Å². The molecule has 0 saturated carbocycles. The number of hydrogen-bond donors (Lipinski definition) is 0. The Hall–Kier alpha value is -4.06. The Kier molecular flexibility index (Phi) is 5.71. The molecule has 6 nitrogen and oxygen atoms in total. The van der Waals surface area contributed by atoms with Gasteiger partial charge in [0.15, 0.2) is 17.3 Å². The summed E-state index contributed by atoms with van der Waals surface area (Å²) in [5, 5.41) is 0. The maximum Gasteiger partial charge on any atom is 0.269 e. The topological polar surface area (TPSA) is 70.8 Å². The smallest absolute Gasteiger partial charge is 0.269 e. The van der Waals surface area contributed by atoms with E-state index in [1.807, 2.05) is 60.7 Å². The zero-order valence-corrected chi connectivity index (χ0v) is 17.4. The van der Waals surface area contributed by atoms with Crippen LogP contribution in [0.3, 0.4) is 0 Å². The van der Waals surface area contributed by atoms with Gasteiger partial charge in [-0.15, -0.1) is 0 Å². The van der Waals surface area contributed by atoms with Crippen LogP contribution in [0.15, 0.2) is 77.2 Å². The van der Waals surface area contributed by atoms with E-state index in [-0.39, 0.29) is 5.89 Å². The number of ether oxygens (including phenoxy) is 3. The van der Waals surface area contributed by atoms with Crippen molar-refractivity contribution in [2.75, 3.05) is 21.3 Å². The molecule has 31 heavy (non-hydrogen) atoms. The maximum atomic E-state index is 13.3. The van der Waals surface area contributed by atoms with Gasteiger partial charge in [-0.25, -0.2) is 4.98 Å². The number of methoxy groups -OCH3 is 3. The van der Waals surface area contributed by atoms with Crippen LogP contribution in [0.1, 0.15) is 16.2 Å². The lowest BCUT2D eigenvalue weighted by molar-refractivity contribution is 0.100. The second-order valence-electron chi connectivity index (χ2n) is 6.67. The molecule has 0 aliphatic rings. The van der Waals surface area contributed by atoms with Gasteiger partial charge in [0.1, 0.15) is 5.69 Å². The van der Waals surface area contributed by atoms with Crippen molar-refractivity contribution >= 4 is 5.78 Å². The molecule has 0 spiro atoms. The standard InChI is InChI=1S/C25H21NO5/c1-28-19-14-18(15-20(29-2)24(19)30-3)22(27)25-26-21(16-10-6-4-7-11-16)23(31-25)17-12-8-5-9-13-17/h4-15H,1-3H3. The summed E-state index contributed by atoms with van der Waals surface area (Å²) in [6.07, 6.45) is 0. The van der Waals surface area contributed by atoms with Crippen molar-refractivity contribution < 1.29 is 23.4 Å². The summed E-state index contributed by atoms with van der Waals surface area (Å²) in [7, 11) is 4.50. The van der Waals surface area contributed by atoms with Crippen molar-refractivity contribution in [3.05, 3.63) is 84.3 Å². The van der Waals surface area contributed by atoms with Gasteiger partial charge in [-0.05, 0) is 12.1 Å². The molecule has 4 aromatic rings. The van der Waals surface area contributed by atoms with Crippen LogP contribution in [0, 0.1) is 0 Å². The van der Waals surface area contributed by atoms with Crippen LogP contribution >= 0.6 is 0 Å². The molecule has 0 saturated heterocycles. The highest BCUT2D eigenvalue weighted by Gasteiger charge is 2.25. The van der Waals surface area contributed by atoms with E-state index in [0.717, 1.165) is 11.1 Å². The Morgan fingerprint density at radius 1 is 0.774 bits per heavy atom. The minimum absolute atomic E-state index is 0.0213. The molecule has 0 atom stereocenters. The largest absolute Gasteiger partial charge is 0.493 e. The van der Waals surface area contributed by atoms with Crippen molar-refractivity contribution in [2.45, 2.75) is 0 Å². The molecular formula is C25H21NO5. The summed E-state index contributed by atoms with van der Waals surface area (Å²) >= 11 is 0. The fourth-order valence-corrected chi connectivity index (χ4v) is 3.33. The number of rotatable bonds is 7. The Morgan fingerprint density at radius 2 is 1.32 bits per heavy atom. The minimum Gasteiger partial charge on any atom is -0.493 e. The molecule has 0 amide bonds. The molecule has 3 aromatic carbocycles. The predicted octanol–water partition coefficient (Wildman–Crippen LogP) is 5.27. The number of benzene rings is 3. The third kappa shape index (κ3) is 3.88. The molecule has 1 aromatic heterocycles. The number of carbonyl (C=O) groups excluding carboxylic acids is 1. The van der Waals surface area contributed by atoms with Gasteiger partial charge in [0.05, 0.1) is 21.3 Å². The van der Waals surface area contributed by atoms with Gasteiger partial charge >= 0.3 is 0 Å². The molecule has 0 aliphatic heterocycles. The van der Waals surface area contributed by atoms with Gasteiger partial charge in [-0.1, -0.05) is 60.7 Å². The molecule has 0 fully saturated rings. The third-order valence-corrected chi connectivity index (χ3v) is 4.83. The summed E-state index contributed by atoms with van der Waals surface area (Å²) in [5.74, 6) is 1.28. The van der Waals surface area contributed by atoms with Crippen LogP contribution in [-0.2, 0) is 0 Å². The lowest BCUT2D eigenvalue weighted by atomic mass is 10.1. The van der Waals surface area contributed by atoms with Crippen LogP contribution in [0.25, 0.3) is 22.6 Å². The third-order valence-electron chi connectivity index (χ3n) is 4.83. The van der Waals surface area contributed by atoms with Crippen molar-refractivity contribution in [1.29, 1.82) is 0 Å². The van der Waals surface area contributed by atoms with Crippen molar-refractivity contribution in [3.63, 3.8) is 0 Å². The number of nitrogens with zero attached hydrogens (tertiary/aromatic N) is 1. The van der Waals surface area contributed by atoms with Gasteiger partial charge in [0.25, 0.3) is 5.89 Å². The Morgan fingerprint density at radius 3 is 1.84 bits per heavy atom. The molecular weight excluding hydrogens is 394 g/mol. The summed E-state index contributed by atoms with van der Waals surface area (Å²) in [4.78, 5) is 17.9. The van der Waals surface area contributed by atoms with E-state index in [2.05, 4.69) is 4.98 Å². The normalized spacial score (nSPS) is 10.5. The average Bonchev–Trinajstić information content (AvgIpc) is 3.29. The summed E-state index contributed by atoms with van der Waals surface area (Å²) in [6.45, 7) is 0. The van der Waals surface area contributed by atoms with Crippen molar-refractivity contribution in [3.8, 4) is 39.8 Å². The quantitative estimate of drug-likeness (QED) is 0.383. The zero-order valence-electron chi connectivity index (χ0n) is 17.4. The predicted molar refractivity (Wildman–Crippen MR) is 117 cm³/mol. The highest BCUT2D eigenvalue weighted by atomic mass is 16.5. The number of aromatic nitrogens is 1. The first-order valence-corrected chi connectivity index (χ1v) is 9.62. The number of hydrogen-bond acceptors (Lipinski definition) is 6. The monoisotopic (exact) mass is 415 g/mol. The van der Waals surface area contributed by atoms with Gasteiger partial charge in [-0.3, -0.25) is 4.79 Å². The molecule has 0 bridgehead atoms. The van der Waals surface area contributed by atoms with Crippen LogP contribution < -0.4 is 14.2 Å². The van der Waals surface area contributed by atoms with Gasteiger partial charge in [0, 0.05) is 16.7 Å². The molecule has 0 radical (unpaired) electrons. The molecule has 4 rings (SSSR count). The van der Waals surface area contributed by atoms with E-state index in [4.69, 9.17) is 18.6 Å². The summed E-state index contributed by atoms with van der Waals surface area (Å²) in [6, 6.07) is 22.4. The number of ketones is 1. The van der Waals surface area contributed by atoms with Gasteiger partial charge in [0.2, 0.25) is 11.5 Å². The first-order valence-electron chi connectivity index (χ1n) is 9.62. The Balaban J connectivity index is 1.84. The summed E-state index contributed by atoms with van der Waals surface area (Å²) in [5.41, 5.74) is 2.60. The molecule has 1 heterocycles. The first-order chi connectivity index (χ1) is 15.2. The van der Waals surface area contributed by atoms with Gasteiger partial charge < -0.3 is 18.6 Å². The SMILES string of the molecule is COc1cc(C(=O)c2nc(-c3ccccc3)c(-c3ccccc3)o2)cc(OC)c1OC. The lowest BCUT2D eigenvalue weighted by Gasteiger charge is -2.13. The molecule has 0 unspecified atom stereocenters. The average molecular weight is 415 g/mol. The van der Waals surface area contributed by atoms with E-state index in [9.17, 15) is 4.79 Å². The van der Waals surface area contributed by atoms with E-state index < -0.39 is 5.78 Å². The van der Waals surface area contributed by atoms with E-state index in [1.165, 1.54) is 21.3 Å².